The lowest BCUT2D eigenvalue weighted by Gasteiger charge is -2.09. The molecule has 0 aliphatic rings. The van der Waals surface area contributed by atoms with Gasteiger partial charge >= 0.3 is 0 Å². The third-order valence-corrected chi connectivity index (χ3v) is 4.04. The van der Waals surface area contributed by atoms with Crippen molar-refractivity contribution in [1.82, 2.24) is 9.78 Å². The van der Waals surface area contributed by atoms with Crippen molar-refractivity contribution in [2.24, 2.45) is 0 Å². The summed E-state index contributed by atoms with van der Waals surface area (Å²) in [4.78, 5) is 12.8. The van der Waals surface area contributed by atoms with Gasteiger partial charge in [0.25, 0.3) is 5.91 Å². The highest BCUT2D eigenvalue weighted by Gasteiger charge is 2.19. The van der Waals surface area contributed by atoms with Crippen LogP contribution in [0.5, 0.6) is 11.5 Å². The summed E-state index contributed by atoms with van der Waals surface area (Å²) in [5.74, 6) is 0.974. The molecule has 0 bridgehead atoms. The van der Waals surface area contributed by atoms with Crippen molar-refractivity contribution in [3.05, 3.63) is 40.7 Å². The van der Waals surface area contributed by atoms with Gasteiger partial charge in [-0.15, -0.1) is 0 Å². The van der Waals surface area contributed by atoms with Crippen LogP contribution in [0, 0.1) is 13.8 Å². The Balaban J connectivity index is 2.37. The Bertz CT molecular complexity index is 705. The molecule has 2 aromatic rings. The van der Waals surface area contributed by atoms with Crippen molar-refractivity contribution in [2.75, 3.05) is 14.2 Å². The Hall–Kier alpha value is -2.30. The number of methoxy groups -OCH3 is 2. The van der Waals surface area contributed by atoms with E-state index >= 15 is 0 Å². The van der Waals surface area contributed by atoms with Crippen molar-refractivity contribution < 1.29 is 14.3 Å². The maximum absolute atomic E-state index is 12.8. The standard InChI is InChI=1S/C18H24N2O3/c1-6-7-8-15-12(2)19-20(13(15)3)18(21)14-9-10-16(22-4)17(11-14)23-5/h9-11H,6-8H2,1-5H3. The minimum Gasteiger partial charge on any atom is -0.493 e. The van der Waals surface area contributed by atoms with Crippen LogP contribution in [-0.4, -0.2) is 29.9 Å². The van der Waals surface area contributed by atoms with Crippen LogP contribution in [-0.2, 0) is 6.42 Å². The molecule has 2 rings (SSSR count). The average molecular weight is 316 g/mol. The number of benzene rings is 1. The van der Waals surface area contributed by atoms with Crippen molar-refractivity contribution >= 4 is 5.91 Å². The Morgan fingerprint density at radius 3 is 2.48 bits per heavy atom. The first-order valence-corrected chi connectivity index (χ1v) is 7.85. The molecular weight excluding hydrogens is 292 g/mol. The molecule has 5 nitrogen and oxygen atoms in total. The molecule has 0 atom stereocenters. The van der Waals surface area contributed by atoms with Gasteiger partial charge in [-0.2, -0.15) is 5.10 Å². The lowest BCUT2D eigenvalue weighted by atomic mass is 10.1. The minimum absolute atomic E-state index is 0.158. The Morgan fingerprint density at radius 1 is 1.17 bits per heavy atom. The SMILES string of the molecule is CCCCc1c(C)nn(C(=O)c2ccc(OC)c(OC)c2)c1C. The highest BCUT2D eigenvalue weighted by Crippen LogP contribution is 2.28. The second-order valence-corrected chi connectivity index (χ2v) is 5.54. The van der Waals surface area contributed by atoms with Crippen LogP contribution in [0.1, 0.15) is 47.1 Å². The minimum atomic E-state index is -0.158. The van der Waals surface area contributed by atoms with E-state index in [9.17, 15) is 4.79 Å². The van der Waals surface area contributed by atoms with Gasteiger partial charge in [0.1, 0.15) is 0 Å². The molecule has 1 heterocycles. The second-order valence-electron chi connectivity index (χ2n) is 5.54. The number of ether oxygens (including phenoxy) is 2. The van der Waals surface area contributed by atoms with E-state index in [1.165, 1.54) is 10.2 Å². The van der Waals surface area contributed by atoms with E-state index in [0.717, 1.165) is 30.7 Å². The number of carbonyl (C=O) groups is 1. The van der Waals surface area contributed by atoms with Crippen LogP contribution in [0.3, 0.4) is 0 Å². The summed E-state index contributed by atoms with van der Waals surface area (Å²) >= 11 is 0. The van der Waals surface area contributed by atoms with Crippen molar-refractivity contribution in [3.8, 4) is 11.5 Å². The first-order chi connectivity index (χ1) is 11.0. The Morgan fingerprint density at radius 2 is 1.87 bits per heavy atom. The molecule has 1 aromatic heterocycles. The molecule has 124 valence electrons. The van der Waals surface area contributed by atoms with Gasteiger partial charge in [-0.3, -0.25) is 4.79 Å². The van der Waals surface area contributed by atoms with E-state index in [4.69, 9.17) is 9.47 Å². The van der Waals surface area contributed by atoms with E-state index in [1.54, 1.807) is 32.4 Å². The molecule has 0 saturated carbocycles. The number of unbranched alkanes of at least 4 members (excludes halogenated alkanes) is 1. The van der Waals surface area contributed by atoms with Crippen molar-refractivity contribution in [2.45, 2.75) is 40.0 Å². The highest BCUT2D eigenvalue weighted by molar-refractivity contribution is 5.96. The van der Waals surface area contributed by atoms with Crippen LogP contribution >= 0.6 is 0 Å². The largest absolute Gasteiger partial charge is 0.493 e. The Labute approximate surface area is 137 Å². The summed E-state index contributed by atoms with van der Waals surface area (Å²) in [6.45, 7) is 6.06. The molecule has 0 fully saturated rings. The third-order valence-electron chi connectivity index (χ3n) is 4.04. The number of aromatic nitrogens is 2. The van der Waals surface area contributed by atoms with Gasteiger partial charge in [-0.1, -0.05) is 13.3 Å². The number of nitrogens with zero attached hydrogens (tertiary/aromatic N) is 2. The number of hydrogen-bond donors (Lipinski definition) is 0. The molecule has 0 spiro atoms. The van der Waals surface area contributed by atoms with Crippen molar-refractivity contribution in [3.63, 3.8) is 0 Å². The molecule has 0 saturated heterocycles. The molecule has 23 heavy (non-hydrogen) atoms. The lowest BCUT2D eigenvalue weighted by molar-refractivity contribution is 0.0942. The number of rotatable bonds is 6. The van der Waals surface area contributed by atoms with E-state index in [0.29, 0.717) is 17.1 Å². The van der Waals surface area contributed by atoms with Crippen LogP contribution < -0.4 is 9.47 Å². The summed E-state index contributed by atoms with van der Waals surface area (Å²) in [5, 5.41) is 4.43. The zero-order valence-corrected chi connectivity index (χ0v) is 14.5. The summed E-state index contributed by atoms with van der Waals surface area (Å²) in [6, 6.07) is 5.14. The van der Waals surface area contributed by atoms with Gasteiger partial charge in [0.2, 0.25) is 0 Å². The summed E-state index contributed by atoms with van der Waals surface area (Å²) in [7, 11) is 3.12. The average Bonchev–Trinajstić information content (AvgIpc) is 2.85. The second kappa shape index (κ2) is 7.31. The molecule has 1 aromatic carbocycles. The highest BCUT2D eigenvalue weighted by atomic mass is 16.5. The smallest absolute Gasteiger partial charge is 0.278 e. The first-order valence-electron chi connectivity index (χ1n) is 7.85. The van der Waals surface area contributed by atoms with E-state index in [2.05, 4.69) is 12.0 Å². The van der Waals surface area contributed by atoms with Crippen molar-refractivity contribution in [1.29, 1.82) is 0 Å². The maximum Gasteiger partial charge on any atom is 0.278 e. The fourth-order valence-electron chi connectivity index (χ4n) is 2.68. The van der Waals surface area contributed by atoms with Gasteiger partial charge in [0.05, 0.1) is 19.9 Å². The monoisotopic (exact) mass is 316 g/mol. The molecule has 0 N–H and O–H groups in total. The number of aryl methyl sites for hydroxylation is 1. The molecule has 0 unspecified atom stereocenters. The van der Waals surface area contributed by atoms with Gasteiger partial charge in [-0.25, -0.2) is 4.68 Å². The fourth-order valence-corrected chi connectivity index (χ4v) is 2.68. The number of carbonyl (C=O) groups excluding carboxylic acids is 1. The molecule has 0 amide bonds. The van der Waals surface area contributed by atoms with Gasteiger partial charge in [-0.05, 0) is 50.5 Å². The van der Waals surface area contributed by atoms with E-state index in [1.807, 2.05) is 13.8 Å². The van der Waals surface area contributed by atoms with Gasteiger partial charge < -0.3 is 9.47 Å². The third kappa shape index (κ3) is 3.38. The zero-order chi connectivity index (χ0) is 17.0. The van der Waals surface area contributed by atoms with Crippen LogP contribution in [0.4, 0.5) is 0 Å². The van der Waals surface area contributed by atoms with Gasteiger partial charge in [0.15, 0.2) is 11.5 Å². The fraction of sp³-hybridized carbons (Fsp3) is 0.444. The summed E-state index contributed by atoms with van der Waals surface area (Å²) < 4.78 is 12.0. The molecule has 0 aliphatic carbocycles. The molecule has 5 heteroatoms. The van der Waals surface area contributed by atoms with Crippen LogP contribution in [0.2, 0.25) is 0 Å². The van der Waals surface area contributed by atoms with E-state index in [-0.39, 0.29) is 5.91 Å². The van der Waals surface area contributed by atoms with E-state index < -0.39 is 0 Å². The van der Waals surface area contributed by atoms with Gasteiger partial charge in [0, 0.05) is 11.3 Å². The molecular formula is C18H24N2O3. The predicted octanol–water partition coefficient (Wildman–Crippen LogP) is 3.55. The summed E-state index contributed by atoms with van der Waals surface area (Å²) in [6.07, 6.45) is 3.17. The number of hydrogen-bond acceptors (Lipinski definition) is 4. The Kier molecular flexibility index (Phi) is 5.42. The van der Waals surface area contributed by atoms with Crippen LogP contribution in [0.25, 0.3) is 0 Å². The predicted molar refractivity (Wildman–Crippen MR) is 89.6 cm³/mol. The van der Waals surface area contributed by atoms with Crippen LogP contribution in [0.15, 0.2) is 18.2 Å². The summed E-state index contributed by atoms with van der Waals surface area (Å²) in [5.41, 5.74) is 3.52. The molecule has 0 aliphatic heterocycles. The first kappa shape index (κ1) is 17.1. The topological polar surface area (TPSA) is 53.4 Å². The maximum atomic E-state index is 12.8. The zero-order valence-electron chi connectivity index (χ0n) is 14.5. The molecule has 0 radical (unpaired) electrons. The normalized spacial score (nSPS) is 10.7. The quantitative estimate of drug-likeness (QED) is 0.818. The lowest BCUT2D eigenvalue weighted by Crippen LogP contribution is -2.15.